The molecular formula is C13H22ClNO6. The molecule has 0 bridgehead atoms. The number of aliphatic carboxylic acids is 1. The molecule has 0 saturated carbocycles. The van der Waals surface area contributed by atoms with E-state index in [-0.39, 0.29) is 12.4 Å². The van der Waals surface area contributed by atoms with Gasteiger partial charge in [-0.25, -0.2) is 0 Å². The lowest BCUT2D eigenvalue weighted by Gasteiger charge is -2.50. The highest BCUT2D eigenvalue weighted by molar-refractivity contribution is 6.15. The fraction of sp³-hybridized carbons (Fsp3) is 0.692. The van der Waals surface area contributed by atoms with E-state index in [4.69, 9.17) is 0 Å². The number of halogens is 1. The Kier molecular flexibility index (Phi) is 6.94. The molecule has 0 saturated heterocycles. The Morgan fingerprint density at radius 1 is 0.952 bits per heavy atom. The Labute approximate surface area is 129 Å². The summed E-state index contributed by atoms with van der Waals surface area (Å²) in [6.07, 6.45) is -1.13. The molecule has 0 amide bonds. The zero-order valence-electron chi connectivity index (χ0n) is 13.1. The van der Waals surface area contributed by atoms with E-state index < -0.39 is 45.4 Å². The molecule has 1 atom stereocenters. The molecule has 21 heavy (non-hydrogen) atoms. The van der Waals surface area contributed by atoms with Crippen molar-refractivity contribution in [3.63, 3.8) is 0 Å². The lowest BCUT2D eigenvalue weighted by atomic mass is 9.68. The minimum Gasteiger partial charge on any atom is -0.550 e. The van der Waals surface area contributed by atoms with Crippen LogP contribution in [0.5, 0.6) is 0 Å². The van der Waals surface area contributed by atoms with Crippen LogP contribution < -0.4 is 5.11 Å². The summed E-state index contributed by atoms with van der Waals surface area (Å²) in [4.78, 5) is 47.0. The van der Waals surface area contributed by atoms with Gasteiger partial charge >= 0.3 is 0 Å². The zero-order valence-corrected chi connectivity index (χ0v) is 13.9. The molecule has 122 valence electrons. The highest BCUT2D eigenvalue weighted by Gasteiger charge is 2.68. The van der Waals surface area contributed by atoms with Gasteiger partial charge in [-0.1, -0.05) is 0 Å². The fourth-order valence-corrected chi connectivity index (χ4v) is 3.05. The van der Waals surface area contributed by atoms with E-state index in [0.717, 1.165) is 20.8 Å². The Morgan fingerprint density at radius 2 is 1.29 bits per heavy atom. The maximum Gasteiger partial charge on any atom is 0.252 e. The average molecular weight is 324 g/mol. The first kappa shape index (κ1) is 22.0. The van der Waals surface area contributed by atoms with Gasteiger partial charge in [0.1, 0.15) is 0 Å². The minimum absolute atomic E-state index is 0. The van der Waals surface area contributed by atoms with E-state index in [1.807, 2.05) is 0 Å². The number of hydrogen-bond acceptors (Lipinski definition) is 6. The normalized spacial score (nSPS) is 14.6. The summed E-state index contributed by atoms with van der Waals surface area (Å²) in [7, 11) is 4.31. The number of nitrogens with zero attached hydrogens (tertiary/aromatic N) is 1. The van der Waals surface area contributed by atoms with E-state index in [1.165, 1.54) is 21.1 Å². The van der Waals surface area contributed by atoms with Crippen molar-refractivity contribution in [3.05, 3.63) is 0 Å². The number of Topliss-reactive ketones (excluding diaryl/α,β-unsaturated/α-hetero) is 3. The first-order valence-electron chi connectivity index (χ1n) is 6.02. The lowest BCUT2D eigenvalue weighted by molar-refractivity contribution is -0.908. The molecule has 0 unspecified atom stereocenters. The van der Waals surface area contributed by atoms with Crippen molar-refractivity contribution in [2.45, 2.75) is 38.3 Å². The van der Waals surface area contributed by atoms with Crippen molar-refractivity contribution >= 4 is 35.7 Å². The van der Waals surface area contributed by atoms with Gasteiger partial charge in [-0.3, -0.25) is 14.4 Å². The van der Waals surface area contributed by atoms with Gasteiger partial charge in [0.05, 0.1) is 21.1 Å². The predicted octanol–water partition coefficient (Wildman–Crippen LogP) is -1.51. The van der Waals surface area contributed by atoms with E-state index in [1.54, 1.807) is 0 Å². The van der Waals surface area contributed by atoms with E-state index >= 15 is 0 Å². The number of likely N-dealkylation sites (N-methyl/N-ethyl adjacent to an activating group) is 1. The number of carboxylic acid groups (broad SMARTS) is 1. The zero-order chi connectivity index (χ0) is 16.5. The highest BCUT2D eigenvalue weighted by Crippen LogP contribution is 2.37. The number of aliphatic hydroxyl groups is 1. The molecule has 0 spiro atoms. The maximum atomic E-state index is 12.1. The van der Waals surface area contributed by atoms with Crippen molar-refractivity contribution < 1.29 is 33.9 Å². The van der Waals surface area contributed by atoms with Crippen LogP contribution in [-0.2, 0) is 19.2 Å². The van der Waals surface area contributed by atoms with Gasteiger partial charge in [0.25, 0.3) is 5.54 Å². The number of carbonyl (C=O) groups is 4. The molecule has 0 fully saturated rings. The van der Waals surface area contributed by atoms with Gasteiger partial charge in [0.2, 0.25) is 11.6 Å². The summed E-state index contributed by atoms with van der Waals surface area (Å²) < 4.78 is -0.416. The van der Waals surface area contributed by atoms with Gasteiger partial charge in [-0.05, 0) is 6.92 Å². The molecular weight excluding hydrogens is 302 g/mol. The van der Waals surface area contributed by atoms with Crippen molar-refractivity contribution in [2.75, 3.05) is 21.1 Å². The van der Waals surface area contributed by atoms with E-state index in [2.05, 4.69) is 0 Å². The summed E-state index contributed by atoms with van der Waals surface area (Å²) >= 11 is 0. The third kappa shape index (κ3) is 3.30. The van der Waals surface area contributed by atoms with E-state index in [0.29, 0.717) is 0 Å². The number of quaternary nitrogens is 1. The first-order valence-corrected chi connectivity index (χ1v) is 6.02. The molecule has 0 aliphatic carbocycles. The van der Waals surface area contributed by atoms with Gasteiger partial charge in [0.15, 0.2) is 11.4 Å². The Balaban J connectivity index is 0. The van der Waals surface area contributed by atoms with Crippen LogP contribution in [0.1, 0.15) is 27.2 Å². The smallest absolute Gasteiger partial charge is 0.252 e. The monoisotopic (exact) mass is 323 g/mol. The second-order valence-corrected chi connectivity index (χ2v) is 5.80. The van der Waals surface area contributed by atoms with Crippen molar-refractivity contribution in [2.24, 2.45) is 0 Å². The molecule has 0 aromatic heterocycles. The lowest BCUT2D eigenvalue weighted by Crippen LogP contribution is -2.79. The van der Waals surface area contributed by atoms with Crippen LogP contribution in [0, 0.1) is 0 Å². The first-order chi connectivity index (χ1) is 8.75. The Bertz CT molecular complexity index is 454. The molecule has 8 heteroatoms. The molecule has 0 radical (unpaired) electrons. The molecule has 0 rings (SSSR count). The topological polar surface area (TPSA) is 112 Å². The molecule has 0 aliphatic rings. The Hall–Kier alpha value is -1.31. The molecule has 1 N–H and O–H groups in total. The van der Waals surface area contributed by atoms with Crippen LogP contribution in [0.15, 0.2) is 0 Å². The largest absolute Gasteiger partial charge is 0.550 e. The van der Waals surface area contributed by atoms with Crippen LogP contribution in [0.3, 0.4) is 0 Å². The van der Waals surface area contributed by atoms with E-state index in [9.17, 15) is 29.4 Å². The summed E-state index contributed by atoms with van der Waals surface area (Å²) in [5.41, 5.74) is -4.87. The van der Waals surface area contributed by atoms with Gasteiger partial charge in [-0.15, -0.1) is 12.4 Å². The highest BCUT2D eigenvalue weighted by atomic mass is 35.5. The van der Waals surface area contributed by atoms with Crippen molar-refractivity contribution in [3.8, 4) is 0 Å². The minimum atomic E-state index is -2.66. The summed E-state index contributed by atoms with van der Waals surface area (Å²) in [6, 6.07) is 0. The van der Waals surface area contributed by atoms with Crippen molar-refractivity contribution in [1.29, 1.82) is 0 Å². The summed E-state index contributed by atoms with van der Waals surface area (Å²) in [5, 5.41) is 21.5. The predicted molar refractivity (Wildman–Crippen MR) is 74.6 cm³/mol. The molecule has 0 heterocycles. The second-order valence-electron chi connectivity index (χ2n) is 5.80. The average Bonchev–Trinajstić information content (AvgIpc) is 2.11. The van der Waals surface area contributed by atoms with Crippen molar-refractivity contribution in [1.82, 2.24) is 0 Å². The van der Waals surface area contributed by atoms with Crippen LogP contribution in [0.4, 0.5) is 0 Å². The molecule has 0 aliphatic heterocycles. The third-order valence-corrected chi connectivity index (χ3v) is 3.61. The third-order valence-electron chi connectivity index (χ3n) is 3.61. The number of hydrogen-bond donors (Lipinski definition) is 1. The quantitative estimate of drug-likeness (QED) is 0.450. The fourth-order valence-electron chi connectivity index (χ4n) is 3.05. The summed E-state index contributed by atoms with van der Waals surface area (Å²) in [6.45, 7) is 3.04. The second kappa shape index (κ2) is 6.64. The van der Waals surface area contributed by atoms with Crippen LogP contribution >= 0.6 is 12.4 Å². The molecule has 0 aromatic rings. The maximum absolute atomic E-state index is 12.1. The number of carbonyl (C=O) groups excluding carboxylic acids is 4. The number of ketones is 3. The molecule has 7 nitrogen and oxygen atoms in total. The van der Waals surface area contributed by atoms with Crippen LogP contribution in [-0.4, -0.2) is 65.2 Å². The van der Waals surface area contributed by atoms with Crippen LogP contribution in [0.25, 0.3) is 0 Å². The standard InChI is InChI=1S/C13H21NO6.ClH/c1-8(15)12(20,7-11(18)19)13(9(2)16,10(3)17)14(4,5)6;/h20H,7H2,1-6H3;1H/t12-;/m0./s1. The summed E-state index contributed by atoms with van der Waals surface area (Å²) in [5.74, 6) is -4.25. The van der Waals surface area contributed by atoms with Gasteiger partial charge < -0.3 is 19.5 Å². The van der Waals surface area contributed by atoms with Crippen LogP contribution in [0.2, 0.25) is 0 Å². The molecule has 0 aromatic carbocycles. The Morgan fingerprint density at radius 3 is 1.43 bits per heavy atom. The SMILES string of the molecule is CC(=O)C(C(C)=O)([C@](O)(CC(=O)[O-])C(C)=O)[N+](C)(C)C.Cl. The van der Waals surface area contributed by atoms with Gasteiger partial charge in [0, 0.05) is 26.2 Å². The van der Waals surface area contributed by atoms with Gasteiger partial charge in [-0.2, -0.15) is 0 Å². The number of rotatable bonds is 7. The number of carboxylic acids is 1.